The van der Waals surface area contributed by atoms with Crippen molar-refractivity contribution in [2.75, 3.05) is 5.33 Å². The monoisotopic (exact) mass is 324 g/mol. The van der Waals surface area contributed by atoms with Crippen molar-refractivity contribution in [3.05, 3.63) is 32.8 Å². The number of hydrogen-bond acceptors (Lipinski definition) is 1. The molecule has 0 spiro atoms. The molecule has 1 aromatic rings. The quantitative estimate of drug-likeness (QED) is 0.593. The third-order valence-corrected chi connectivity index (χ3v) is 3.85. The fraction of sp³-hybridized carbons (Fsp3) is 0.222. The van der Waals surface area contributed by atoms with E-state index in [0.717, 1.165) is 10.0 Å². The zero-order valence-electron chi connectivity index (χ0n) is 6.90. The minimum Gasteiger partial charge on any atom is -0.293 e. The standard InChI is InChI=1S/C9H7Br2ClO/c1-5-2-3-6(7(13)4-10)9(12)8(5)11/h2-3H,4H2,1H3. The van der Waals surface area contributed by atoms with Gasteiger partial charge in [0.25, 0.3) is 0 Å². The molecule has 0 aliphatic carbocycles. The minimum absolute atomic E-state index is 0.00861. The molecule has 0 bridgehead atoms. The number of halogens is 3. The molecule has 0 fully saturated rings. The number of ketones is 1. The van der Waals surface area contributed by atoms with Crippen LogP contribution in [0.5, 0.6) is 0 Å². The topological polar surface area (TPSA) is 17.1 Å². The highest BCUT2D eigenvalue weighted by Gasteiger charge is 2.12. The summed E-state index contributed by atoms with van der Waals surface area (Å²) in [5, 5.41) is 0.784. The number of carbonyl (C=O) groups is 1. The second kappa shape index (κ2) is 4.58. The maximum atomic E-state index is 11.3. The van der Waals surface area contributed by atoms with Crippen LogP contribution in [0.25, 0.3) is 0 Å². The van der Waals surface area contributed by atoms with E-state index < -0.39 is 0 Å². The van der Waals surface area contributed by atoms with Gasteiger partial charge in [0.1, 0.15) is 0 Å². The van der Waals surface area contributed by atoms with Crippen molar-refractivity contribution in [1.29, 1.82) is 0 Å². The molecule has 0 saturated heterocycles. The van der Waals surface area contributed by atoms with Crippen LogP contribution in [0.15, 0.2) is 16.6 Å². The number of Topliss-reactive ketones (excluding diaryl/α,β-unsaturated/α-hetero) is 1. The van der Waals surface area contributed by atoms with E-state index in [1.165, 1.54) is 0 Å². The summed E-state index contributed by atoms with van der Waals surface area (Å²) in [6.45, 7) is 1.93. The zero-order chi connectivity index (χ0) is 10.0. The molecule has 0 atom stereocenters. The number of hydrogen-bond donors (Lipinski definition) is 0. The van der Waals surface area contributed by atoms with Gasteiger partial charge >= 0.3 is 0 Å². The molecule has 0 heterocycles. The van der Waals surface area contributed by atoms with Gasteiger partial charge in [0, 0.05) is 10.0 Å². The molecule has 0 radical (unpaired) electrons. The van der Waals surface area contributed by atoms with E-state index >= 15 is 0 Å². The van der Waals surface area contributed by atoms with Crippen LogP contribution in [-0.4, -0.2) is 11.1 Å². The van der Waals surface area contributed by atoms with Gasteiger partial charge in [-0.1, -0.05) is 33.6 Å². The molecule has 0 N–H and O–H groups in total. The molecule has 0 aromatic heterocycles. The fourth-order valence-electron chi connectivity index (χ4n) is 0.933. The van der Waals surface area contributed by atoms with E-state index in [9.17, 15) is 4.79 Å². The molecule has 0 amide bonds. The smallest absolute Gasteiger partial charge is 0.174 e. The van der Waals surface area contributed by atoms with Crippen molar-refractivity contribution in [2.24, 2.45) is 0 Å². The zero-order valence-corrected chi connectivity index (χ0v) is 10.8. The van der Waals surface area contributed by atoms with Crippen LogP contribution in [0, 0.1) is 6.92 Å². The van der Waals surface area contributed by atoms with Crippen LogP contribution in [-0.2, 0) is 0 Å². The van der Waals surface area contributed by atoms with Crippen molar-refractivity contribution in [2.45, 2.75) is 6.92 Å². The molecule has 0 aliphatic rings. The summed E-state index contributed by atoms with van der Waals surface area (Å²) in [6.07, 6.45) is 0. The Kier molecular flexibility index (Phi) is 3.95. The van der Waals surface area contributed by atoms with Gasteiger partial charge < -0.3 is 0 Å². The molecule has 1 aromatic carbocycles. The first-order valence-electron chi connectivity index (χ1n) is 3.61. The predicted octanol–water partition coefficient (Wildman–Crippen LogP) is 3.99. The lowest BCUT2D eigenvalue weighted by molar-refractivity contribution is 0.102. The Morgan fingerprint density at radius 2 is 2.15 bits per heavy atom. The van der Waals surface area contributed by atoms with Crippen LogP contribution in [0.3, 0.4) is 0 Å². The van der Waals surface area contributed by atoms with Crippen molar-refractivity contribution in [3.8, 4) is 0 Å². The van der Waals surface area contributed by atoms with Gasteiger partial charge in [-0.05, 0) is 34.5 Å². The van der Waals surface area contributed by atoms with Crippen molar-refractivity contribution >= 4 is 49.2 Å². The van der Waals surface area contributed by atoms with Gasteiger partial charge in [0.2, 0.25) is 0 Å². The largest absolute Gasteiger partial charge is 0.293 e. The first-order valence-corrected chi connectivity index (χ1v) is 5.91. The van der Waals surface area contributed by atoms with E-state index in [0.29, 0.717) is 15.9 Å². The van der Waals surface area contributed by atoms with Crippen molar-refractivity contribution < 1.29 is 4.79 Å². The predicted molar refractivity (Wildman–Crippen MR) is 62.0 cm³/mol. The third kappa shape index (κ3) is 2.33. The Bertz CT molecular complexity index is 350. The summed E-state index contributed by atoms with van der Waals surface area (Å²) in [6, 6.07) is 3.61. The van der Waals surface area contributed by atoms with Crippen molar-refractivity contribution in [3.63, 3.8) is 0 Å². The maximum Gasteiger partial charge on any atom is 0.174 e. The van der Waals surface area contributed by atoms with Crippen LogP contribution >= 0.6 is 43.5 Å². The van der Waals surface area contributed by atoms with Gasteiger partial charge in [-0.3, -0.25) is 4.79 Å². The molecule has 0 saturated carbocycles. The fourth-order valence-corrected chi connectivity index (χ4v) is 1.90. The van der Waals surface area contributed by atoms with E-state index in [2.05, 4.69) is 31.9 Å². The number of aryl methyl sites for hydroxylation is 1. The van der Waals surface area contributed by atoms with Crippen LogP contribution in [0.4, 0.5) is 0 Å². The third-order valence-electron chi connectivity index (χ3n) is 1.70. The van der Waals surface area contributed by atoms with Crippen LogP contribution in [0.2, 0.25) is 5.02 Å². The number of rotatable bonds is 2. The SMILES string of the molecule is Cc1ccc(C(=O)CBr)c(Cl)c1Br. The van der Waals surface area contributed by atoms with Gasteiger partial charge in [-0.2, -0.15) is 0 Å². The Balaban J connectivity index is 3.26. The average molecular weight is 326 g/mol. The first-order chi connectivity index (χ1) is 6.07. The summed E-state index contributed by atoms with van der Waals surface area (Å²) >= 11 is 12.4. The van der Waals surface area contributed by atoms with E-state index in [-0.39, 0.29) is 5.78 Å². The second-order valence-electron chi connectivity index (χ2n) is 2.61. The first kappa shape index (κ1) is 11.2. The summed E-state index contributed by atoms with van der Waals surface area (Å²) in [5.74, 6) is -0.00861. The van der Waals surface area contributed by atoms with E-state index in [1.54, 1.807) is 6.07 Å². The molecule has 1 rings (SSSR count). The molecule has 70 valence electrons. The van der Waals surface area contributed by atoms with E-state index in [4.69, 9.17) is 11.6 Å². The lowest BCUT2D eigenvalue weighted by atomic mass is 10.1. The lowest BCUT2D eigenvalue weighted by Crippen LogP contribution is -2.01. The molecule has 1 nitrogen and oxygen atoms in total. The number of benzene rings is 1. The normalized spacial score (nSPS) is 10.2. The summed E-state index contributed by atoms with van der Waals surface area (Å²) in [7, 11) is 0. The highest BCUT2D eigenvalue weighted by atomic mass is 79.9. The number of alkyl halides is 1. The summed E-state index contributed by atoms with van der Waals surface area (Å²) < 4.78 is 0.793. The molecule has 0 unspecified atom stereocenters. The summed E-state index contributed by atoms with van der Waals surface area (Å²) in [5.41, 5.74) is 1.58. The van der Waals surface area contributed by atoms with Gasteiger partial charge in [-0.15, -0.1) is 0 Å². The van der Waals surface area contributed by atoms with Crippen LogP contribution < -0.4 is 0 Å². The summed E-state index contributed by atoms with van der Waals surface area (Å²) in [4.78, 5) is 11.3. The molecule has 0 aliphatic heterocycles. The molecular formula is C9H7Br2ClO. The average Bonchev–Trinajstić information content (AvgIpc) is 2.13. The molecular weight excluding hydrogens is 319 g/mol. The Morgan fingerprint density at radius 1 is 1.54 bits per heavy atom. The molecule has 4 heteroatoms. The Morgan fingerprint density at radius 3 is 2.69 bits per heavy atom. The minimum atomic E-state index is -0.00861. The van der Waals surface area contributed by atoms with Crippen LogP contribution in [0.1, 0.15) is 15.9 Å². The lowest BCUT2D eigenvalue weighted by Gasteiger charge is -2.05. The van der Waals surface area contributed by atoms with Gasteiger partial charge in [-0.25, -0.2) is 0 Å². The van der Waals surface area contributed by atoms with Gasteiger partial charge in [0.05, 0.1) is 10.4 Å². The van der Waals surface area contributed by atoms with Crippen molar-refractivity contribution in [1.82, 2.24) is 0 Å². The second-order valence-corrected chi connectivity index (χ2v) is 4.35. The number of carbonyl (C=O) groups excluding carboxylic acids is 1. The van der Waals surface area contributed by atoms with Gasteiger partial charge in [0.15, 0.2) is 5.78 Å². The molecule has 13 heavy (non-hydrogen) atoms. The highest BCUT2D eigenvalue weighted by Crippen LogP contribution is 2.29. The van der Waals surface area contributed by atoms with E-state index in [1.807, 2.05) is 13.0 Å². The maximum absolute atomic E-state index is 11.3. The Hall–Kier alpha value is 0.140. The highest BCUT2D eigenvalue weighted by molar-refractivity contribution is 9.10. The Labute approximate surface area is 98.7 Å².